The van der Waals surface area contributed by atoms with E-state index in [2.05, 4.69) is 5.32 Å². The predicted molar refractivity (Wildman–Crippen MR) is 76.4 cm³/mol. The van der Waals surface area contributed by atoms with Gasteiger partial charge >= 0.3 is 0 Å². The van der Waals surface area contributed by atoms with Crippen LogP contribution in [0.5, 0.6) is 5.75 Å². The van der Waals surface area contributed by atoms with Gasteiger partial charge in [-0.3, -0.25) is 4.79 Å². The summed E-state index contributed by atoms with van der Waals surface area (Å²) in [5.74, 6) is 0.0627. The second kappa shape index (κ2) is 6.72. The molecule has 110 valence electrons. The smallest absolute Gasteiger partial charge is 0.237 e. The van der Waals surface area contributed by atoms with Crippen molar-refractivity contribution in [3.8, 4) is 5.75 Å². The highest BCUT2D eigenvalue weighted by molar-refractivity contribution is 5.82. The molecule has 2 unspecified atom stereocenters. The number of amides is 1. The predicted octanol–water partition coefficient (Wildman–Crippen LogP) is 0.946. The third-order valence-corrected chi connectivity index (χ3v) is 3.81. The molecule has 0 bridgehead atoms. The third-order valence-electron chi connectivity index (χ3n) is 3.81. The second-order valence-corrected chi connectivity index (χ2v) is 5.30. The van der Waals surface area contributed by atoms with Crippen LogP contribution in [0, 0.1) is 0 Å². The highest BCUT2D eigenvalue weighted by atomic mass is 16.5. The number of ether oxygens (including phenoxy) is 1. The lowest BCUT2D eigenvalue weighted by molar-refractivity contribution is -0.123. The van der Waals surface area contributed by atoms with Crippen LogP contribution in [-0.4, -0.2) is 36.3 Å². The number of hydrogen-bond acceptors (Lipinski definition) is 4. The zero-order chi connectivity index (χ0) is 14.5. The molecule has 0 aromatic heterocycles. The Bertz CT molecular complexity index is 447. The molecule has 20 heavy (non-hydrogen) atoms. The highest BCUT2D eigenvalue weighted by Gasteiger charge is 2.29. The minimum atomic E-state index is -0.586. The van der Waals surface area contributed by atoms with Crippen LogP contribution < -0.4 is 11.1 Å². The van der Waals surface area contributed by atoms with E-state index in [1.54, 1.807) is 31.4 Å². The fourth-order valence-corrected chi connectivity index (χ4v) is 2.64. The second-order valence-electron chi connectivity index (χ2n) is 5.30. The molecular weight excluding hydrogens is 256 g/mol. The average Bonchev–Trinajstić information content (AvgIpc) is 2.88. The molecule has 0 radical (unpaired) electrons. The van der Waals surface area contributed by atoms with Crippen LogP contribution in [0.1, 0.15) is 24.8 Å². The van der Waals surface area contributed by atoms with Gasteiger partial charge in [0.1, 0.15) is 5.75 Å². The number of phenols is 1. The van der Waals surface area contributed by atoms with E-state index in [0.717, 1.165) is 24.8 Å². The van der Waals surface area contributed by atoms with Gasteiger partial charge in [0.05, 0.1) is 18.2 Å². The lowest BCUT2D eigenvalue weighted by atomic mass is 10.1. The number of methoxy groups -OCH3 is 1. The lowest BCUT2D eigenvalue weighted by Gasteiger charge is -2.21. The Morgan fingerprint density at radius 2 is 2.15 bits per heavy atom. The summed E-state index contributed by atoms with van der Waals surface area (Å²) in [5.41, 5.74) is 6.87. The molecule has 4 N–H and O–H groups in total. The van der Waals surface area contributed by atoms with Crippen LogP contribution in [0.2, 0.25) is 0 Å². The normalized spacial score (nSPS) is 23.5. The van der Waals surface area contributed by atoms with Gasteiger partial charge in [-0.2, -0.15) is 0 Å². The summed E-state index contributed by atoms with van der Waals surface area (Å²) in [5, 5.41) is 12.2. The van der Waals surface area contributed by atoms with E-state index in [-0.39, 0.29) is 23.8 Å². The maximum Gasteiger partial charge on any atom is 0.237 e. The molecule has 0 aliphatic heterocycles. The molecule has 1 aliphatic rings. The third kappa shape index (κ3) is 3.71. The molecule has 0 spiro atoms. The Hall–Kier alpha value is -1.59. The Balaban J connectivity index is 1.87. The summed E-state index contributed by atoms with van der Waals surface area (Å²) in [4.78, 5) is 12.1. The Morgan fingerprint density at radius 3 is 2.80 bits per heavy atom. The van der Waals surface area contributed by atoms with E-state index in [9.17, 15) is 9.90 Å². The monoisotopic (exact) mass is 278 g/mol. The van der Waals surface area contributed by atoms with Crippen molar-refractivity contribution in [1.29, 1.82) is 0 Å². The molecule has 2 rings (SSSR count). The summed E-state index contributed by atoms with van der Waals surface area (Å²) < 4.78 is 5.35. The van der Waals surface area contributed by atoms with Crippen molar-refractivity contribution >= 4 is 5.91 Å². The van der Waals surface area contributed by atoms with Gasteiger partial charge in [0, 0.05) is 7.11 Å². The van der Waals surface area contributed by atoms with Gasteiger partial charge in [-0.05, 0) is 43.4 Å². The maximum absolute atomic E-state index is 12.1. The molecule has 1 fully saturated rings. The average molecular weight is 278 g/mol. The molecule has 0 heterocycles. The van der Waals surface area contributed by atoms with Gasteiger partial charge in [0.25, 0.3) is 0 Å². The highest BCUT2D eigenvalue weighted by Crippen LogP contribution is 2.21. The quantitative estimate of drug-likeness (QED) is 0.748. The lowest BCUT2D eigenvalue weighted by Crippen LogP contribution is -2.49. The number of benzene rings is 1. The number of carbonyl (C=O) groups excluding carboxylic acids is 1. The van der Waals surface area contributed by atoms with Crippen LogP contribution >= 0.6 is 0 Å². The number of carbonyl (C=O) groups is 1. The first-order valence-electron chi connectivity index (χ1n) is 6.97. The van der Waals surface area contributed by atoms with Crippen molar-refractivity contribution in [2.24, 2.45) is 5.73 Å². The number of aromatic hydroxyl groups is 1. The van der Waals surface area contributed by atoms with E-state index >= 15 is 0 Å². The summed E-state index contributed by atoms with van der Waals surface area (Å²) in [6, 6.07) is 6.22. The van der Waals surface area contributed by atoms with Crippen LogP contribution in [0.25, 0.3) is 0 Å². The molecule has 5 nitrogen and oxygen atoms in total. The first kappa shape index (κ1) is 14.8. The minimum absolute atomic E-state index is 0.0679. The molecular formula is C15H22N2O3. The zero-order valence-corrected chi connectivity index (χ0v) is 11.7. The maximum atomic E-state index is 12.1. The Labute approximate surface area is 119 Å². The van der Waals surface area contributed by atoms with Gasteiger partial charge in [-0.1, -0.05) is 12.1 Å². The first-order chi connectivity index (χ1) is 9.60. The van der Waals surface area contributed by atoms with Gasteiger partial charge in [0.2, 0.25) is 5.91 Å². The SMILES string of the molecule is COC1CCCC1NC(=O)[C@H](N)Cc1ccc(O)cc1. The summed E-state index contributed by atoms with van der Waals surface area (Å²) in [6.45, 7) is 0. The minimum Gasteiger partial charge on any atom is -0.508 e. The molecule has 0 saturated heterocycles. The molecule has 1 amide bonds. The number of hydrogen-bond donors (Lipinski definition) is 3. The van der Waals surface area contributed by atoms with Gasteiger partial charge < -0.3 is 20.9 Å². The van der Waals surface area contributed by atoms with Crippen LogP contribution in [0.4, 0.5) is 0 Å². The van der Waals surface area contributed by atoms with E-state index in [1.807, 2.05) is 0 Å². The Kier molecular flexibility index (Phi) is 4.98. The molecule has 1 aromatic rings. The summed E-state index contributed by atoms with van der Waals surface area (Å²) in [7, 11) is 1.67. The molecule has 1 aromatic carbocycles. The van der Waals surface area contributed by atoms with E-state index in [0.29, 0.717) is 6.42 Å². The van der Waals surface area contributed by atoms with Crippen LogP contribution in [-0.2, 0) is 16.0 Å². The van der Waals surface area contributed by atoms with Gasteiger partial charge in [-0.25, -0.2) is 0 Å². The number of phenolic OH excluding ortho intramolecular Hbond substituents is 1. The van der Waals surface area contributed by atoms with Crippen LogP contribution in [0.15, 0.2) is 24.3 Å². The molecule has 1 saturated carbocycles. The number of nitrogens with two attached hydrogens (primary N) is 1. The van der Waals surface area contributed by atoms with E-state index < -0.39 is 6.04 Å². The summed E-state index contributed by atoms with van der Waals surface area (Å²) >= 11 is 0. The van der Waals surface area contributed by atoms with Crippen molar-refractivity contribution < 1.29 is 14.6 Å². The molecule has 1 aliphatic carbocycles. The van der Waals surface area contributed by atoms with Crippen molar-refractivity contribution in [3.63, 3.8) is 0 Å². The summed E-state index contributed by atoms with van der Waals surface area (Å²) in [6.07, 6.45) is 3.54. The molecule has 3 atom stereocenters. The Morgan fingerprint density at radius 1 is 1.45 bits per heavy atom. The first-order valence-corrected chi connectivity index (χ1v) is 6.97. The topological polar surface area (TPSA) is 84.6 Å². The van der Waals surface area contributed by atoms with Gasteiger partial charge in [0.15, 0.2) is 0 Å². The fraction of sp³-hybridized carbons (Fsp3) is 0.533. The van der Waals surface area contributed by atoms with Crippen molar-refractivity contribution in [2.75, 3.05) is 7.11 Å². The van der Waals surface area contributed by atoms with E-state index in [1.165, 1.54) is 0 Å². The van der Waals surface area contributed by atoms with Crippen molar-refractivity contribution in [3.05, 3.63) is 29.8 Å². The number of nitrogens with one attached hydrogen (secondary N) is 1. The van der Waals surface area contributed by atoms with Gasteiger partial charge in [-0.15, -0.1) is 0 Å². The zero-order valence-electron chi connectivity index (χ0n) is 11.7. The van der Waals surface area contributed by atoms with E-state index in [4.69, 9.17) is 10.5 Å². The largest absolute Gasteiger partial charge is 0.508 e. The van der Waals surface area contributed by atoms with Crippen molar-refractivity contribution in [2.45, 2.75) is 43.9 Å². The molecule has 5 heteroatoms. The van der Waals surface area contributed by atoms with Crippen molar-refractivity contribution in [1.82, 2.24) is 5.32 Å². The van der Waals surface area contributed by atoms with Crippen LogP contribution in [0.3, 0.4) is 0 Å². The number of rotatable bonds is 5. The standard InChI is InChI=1S/C15H22N2O3/c1-20-14-4-2-3-13(14)17-15(19)12(16)9-10-5-7-11(18)8-6-10/h5-8,12-14,18H,2-4,9,16H2,1H3,(H,17,19)/t12-,13?,14?/m1/s1. The fourth-order valence-electron chi connectivity index (χ4n) is 2.64.